The quantitative estimate of drug-likeness (QED) is 0.211. The summed E-state index contributed by atoms with van der Waals surface area (Å²) in [5.74, 6) is 0.352. The van der Waals surface area contributed by atoms with E-state index in [0.29, 0.717) is 18.4 Å². The van der Waals surface area contributed by atoms with Crippen LogP contribution in [0.1, 0.15) is 44.9 Å². The number of ether oxygens (including phenoxy) is 1. The lowest BCUT2D eigenvalue weighted by Crippen LogP contribution is -2.31. The molecule has 0 radical (unpaired) electrons. The summed E-state index contributed by atoms with van der Waals surface area (Å²) in [7, 11) is 0. The van der Waals surface area contributed by atoms with Crippen LogP contribution in [0.2, 0.25) is 0 Å². The molecule has 0 aromatic rings. The average Bonchev–Trinajstić information content (AvgIpc) is 3.16. The van der Waals surface area contributed by atoms with E-state index in [1.54, 1.807) is 0 Å². The summed E-state index contributed by atoms with van der Waals surface area (Å²) in [5.41, 5.74) is 5.83. The fourth-order valence-corrected chi connectivity index (χ4v) is 2.66. The van der Waals surface area contributed by atoms with E-state index in [-0.39, 0.29) is 5.41 Å². The van der Waals surface area contributed by atoms with Crippen molar-refractivity contribution in [3.63, 3.8) is 0 Å². The zero-order valence-corrected chi connectivity index (χ0v) is 11.0. The fraction of sp³-hybridized carbons (Fsp3) is 0.923. The number of amidine groups is 1. The minimum atomic E-state index is 0.254. The Bertz CT molecular complexity index is 284. The standard InChI is InChI=1S/C13H25N3O2/c14-12(16-17)9-13(5-6-13)10-15-7-4-11-3-1-2-8-18-11/h11,15,17H,1-10H2,(H2,14,16). The second-order valence-corrected chi connectivity index (χ2v) is 5.72. The highest BCUT2D eigenvalue weighted by atomic mass is 16.5. The molecule has 18 heavy (non-hydrogen) atoms. The summed E-state index contributed by atoms with van der Waals surface area (Å²) in [6, 6.07) is 0. The van der Waals surface area contributed by atoms with Gasteiger partial charge in [0.1, 0.15) is 5.84 Å². The van der Waals surface area contributed by atoms with Gasteiger partial charge in [-0.1, -0.05) is 5.16 Å². The van der Waals surface area contributed by atoms with Crippen LogP contribution in [0.5, 0.6) is 0 Å². The molecule has 0 bridgehead atoms. The molecule has 5 nitrogen and oxygen atoms in total. The van der Waals surface area contributed by atoms with E-state index >= 15 is 0 Å². The molecule has 0 amide bonds. The van der Waals surface area contributed by atoms with E-state index in [1.807, 2.05) is 0 Å². The number of oxime groups is 1. The molecule has 0 spiro atoms. The minimum Gasteiger partial charge on any atom is -0.409 e. The lowest BCUT2D eigenvalue weighted by atomic mass is 10.0. The van der Waals surface area contributed by atoms with E-state index in [2.05, 4.69) is 10.5 Å². The molecule has 2 aliphatic rings. The van der Waals surface area contributed by atoms with Gasteiger partial charge in [-0.25, -0.2) is 0 Å². The second kappa shape index (κ2) is 6.38. The van der Waals surface area contributed by atoms with Crippen LogP contribution in [0.3, 0.4) is 0 Å². The summed E-state index contributed by atoms with van der Waals surface area (Å²) in [6.07, 6.45) is 8.33. The van der Waals surface area contributed by atoms with Gasteiger partial charge in [0, 0.05) is 19.6 Å². The molecular formula is C13H25N3O2. The van der Waals surface area contributed by atoms with Gasteiger partial charge in [-0.3, -0.25) is 0 Å². The number of nitrogens with two attached hydrogens (primary N) is 1. The Kier molecular flexibility index (Phi) is 4.83. The van der Waals surface area contributed by atoms with Crippen LogP contribution in [0, 0.1) is 5.41 Å². The Morgan fingerprint density at radius 3 is 2.89 bits per heavy atom. The van der Waals surface area contributed by atoms with E-state index in [4.69, 9.17) is 15.7 Å². The van der Waals surface area contributed by atoms with Crippen molar-refractivity contribution >= 4 is 5.84 Å². The first-order chi connectivity index (χ1) is 8.74. The summed E-state index contributed by atoms with van der Waals surface area (Å²) in [5, 5.41) is 15.1. The zero-order valence-electron chi connectivity index (χ0n) is 11.0. The maximum Gasteiger partial charge on any atom is 0.139 e. The average molecular weight is 255 g/mol. The van der Waals surface area contributed by atoms with Crippen molar-refractivity contribution in [3.05, 3.63) is 0 Å². The lowest BCUT2D eigenvalue weighted by Gasteiger charge is -2.23. The van der Waals surface area contributed by atoms with Gasteiger partial charge in [-0.2, -0.15) is 0 Å². The van der Waals surface area contributed by atoms with Crippen molar-refractivity contribution in [2.75, 3.05) is 19.7 Å². The third-order valence-corrected chi connectivity index (χ3v) is 4.06. The van der Waals surface area contributed by atoms with Gasteiger partial charge >= 0.3 is 0 Å². The Labute approximate surface area is 109 Å². The predicted octanol–water partition coefficient (Wildman–Crippen LogP) is 1.45. The summed E-state index contributed by atoms with van der Waals surface area (Å²) >= 11 is 0. The smallest absolute Gasteiger partial charge is 0.139 e. The highest BCUT2D eigenvalue weighted by Crippen LogP contribution is 2.48. The highest BCUT2D eigenvalue weighted by molar-refractivity contribution is 5.80. The number of hydrogen-bond donors (Lipinski definition) is 3. The molecule has 1 aliphatic carbocycles. The van der Waals surface area contributed by atoms with Crippen molar-refractivity contribution < 1.29 is 9.94 Å². The number of nitrogens with zero attached hydrogens (tertiary/aromatic N) is 1. The lowest BCUT2D eigenvalue weighted by molar-refractivity contribution is 0.0114. The third kappa shape index (κ3) is 4.14. The van der Waals surface area contributed by atoms with Gasteiger partial charge < -0.3 is 21.0 Å². The van der Waals surface area contributed by atoms with Crippen molar-refractivity contribution in [1.29, 1.82) is 0 Å². The van der Waals surface area contributed by atoms with Gasteiger partial charge in [0.25, 0.3) is 0 Å². The minimum absolute atomic E-state index is 0.254. The molecule has 1 aliphatic heterocycles. The molecule has 4 N–H and O–H groups in total. The van der Waals surface area contributed by atoms with Crippen LogP contribution in [-0.2, 0) is 4.74 Å². The van der Waals surface area contributed by atoms with Crippen LogP contribution in [0.15, 0.2) is 5.16 Å². The molecule has 2 fully saturated rings. The molecule has 1 heterocycles. The molecule has 1 unspecified atom stereocenters. The SMILES string of the molecule is NC(CC1(CNCCC2CCCCO2)CC1)=NO. The first kappa shape index (κ1) is 13.6. The normalized spacial score (nSPS) is 27.1. The van der Waals surface area contributed by atoms with Crippen LogP contribution in [0.25, 0.3) is 0 Å². The van der Waals surface area contributed by atoms with Crippen molar-refractivity contribution in [2.45, 2.75) is 51.0 Å². The van der Waals surface area contributed by atoms with Crippen LogP contribution >= 0.6 is 0 Å². The van der Waals surface area contributed by atoms with Crippen molar-refractivity contribution in [2.24, 2.45) is 16.3 Å². The van der Waals surface area contributed by atoms with E-state index in [1.165, 1.54) is 32.1 Å². The first-order valence-corrected chi connectivity index (χ1v) is 7.03. The largest absolute Gasteiger partial charge is 0.409 e. The van der Waals surface area contributed by atoms with Crippen LogP contribution in [0.4, 0.5) is 0 Å². The summed E-state index contributed by atoms with van der Waals surface area (Å²) < 4.78 is 5.70. The van der Waals surface area contributed by atoms with E-state index < -0.39 is 0 Å². The first-order valence-electron chi connectivity index (χ1n) is 7.03. The molecular weight excluding hydrogens is 230 g/mol. The van der Waals surface area contributed by atoms with Gasteiger partial charge in [-0.15, -0.1) is 0 Å². The molecule has 0 aromatic heterocycles. The third-order valence-electron chi connectivity index (χ3n) is 4.06. The van der Waals surface area contributed by atoms with Crippen molar-refractivity contribution in [3.8, 4) is 0 Å². The second-order valence-electron chi connectivity index (χ2n) is 5.72. The summed E-state index contributed by atoms with van der Waals surface area (Å²) in [4.78, 5) is 0. The van der Waals surface area contributed by atoms with Crippen LogP contribution < -0.4 is 11.1 Å². The molecule has 2 rings (SSSR count). The van der Waals surface area contributed by atoms with Gasteiger partial charge in [0.05, 0.1) is 6.10 Å². The molecule has 1 saturated heterocycles. The van der Waals surface area contributed by atoms with E-state index in [0.717, 1.165) is 26.1 Å². The van der Waals surface area contributed by atoms with Gasteiger partial charge in [0.2, 0.25) is 0 Å². The molecule has 0 aromatic carbocycles. The number of rotatable bonds is 7. The molecule has 5 heteroatoms. The van der Waals surface area contributed by atoms with Crippen molar-refractivity contribution in [1.82, 2.24) is 5.32 Å². The van der Waals surface area contributed by atoms with Gasteiger partial charge in [0.15, 0.2) is 0 Å². The predicted molar refractivity (Wildman–Crippen MR) is 70.8 cm³/mol. The maximum atomic E-state index is 8.59. The number of nitrogens with one attached hydrogen (secondary N) is 1. The maximum absolute atomic E-state index is 8.59. The Balaban J connectivity index is 1.57. The molecule has 1 atom stereocenters. The fourth-order valence-electron chi connectivity index (χ4n) is 2.66. The Morgan fingerprint density at radius 2 is 2.28 bits per heavy atom. The molecule has 104 valence electrons. The highest BCUT2D eigenvalue weighted by Gasteiger charge is 2.42. The zero-order chi connectivity index (χ0) is 12.8. The Morgan fingerprint density at radius 1 is 1.44 bits per heavy atom. The number of hydrogen-bond acceptors (Lipinski definition) is 4. The molecule has 1 saturated carbocycles. The Hall–Kier alpha value is -0.810. The van der Waals surface area contributed by atoms with Crippen LogP contribution in [-0.4, -0.2) is 36.8 Å². The van der Waals surface area contributed by atoms with Gasteiger partial charge in [-0.05, 0) is 50.5 Å². The monoisotopic (exact) mass is 255 g/mol. The summed E-state index contributed by atoms with van der Waals surface area (Å²) in [6.45, 7) is 2.90. The van der Waals surface area contributed by atoms with E-state index in [9.17, 15) is 0 Å². The topological polar surface area (TPSA) is 79.9 Å².